The minimum absolute atomic E-state index is 0.119. The Morgan fingerprint density at radius 2 is 1.92 bits per heavy atom. The quantitative estimate of drug-likeness (QED) is 0.375. The maximum absolute atomic E-state index is 11.1. The molecule has 1 rings (SSSR count). The summed E-state index contributed by atoms with van der Waals surface area (Å²) in [6.45, 7) is 3.91. The molecule has 0 bridgehead atoms. The first-order valence-electron chi connectivity index (χ1n) is 3.71. The molecule has 0 spiro atoms. The molecule has 1 heterocycles. The normalized spacial score (nSPS) is 17.2. The second kappa shape index (κ2) is 3.72. The highest BCUT2D eigenvalue weighted by Crippen LogP contribution is 2.13. The van der Waals surface area contributed by atoms with Gasteiger partial charge in [0.1, 0.15) is 0 Å². The fraction of sp³-hybridized carbons (Fsp3) is 0.500. The van der Waals surface area contributed by atoms with Crippen molar-refractivity contribution in [1.82, 2.24) is 4.90 Å². The minimum atomic E-state index is -0.119. The van der Waals surface area contributed by atoms with Crippen molar-refractivity contribution >= 4 is 23.4 Å². The topological polar surface area (TPSA) is 37.4 Å². The Morgan fingerprint density at radius 3 is 2.33 bits per heavy atom. The molecule has 0 radical (unpaired) electrons. The van der Waals surface area contributed by atoms with Crippen LogP contribution in [0.3, 0.4) is 0 Å². The number of halogens is 1. The molecule has 0 aromatic carbocycles. The van der Waals surface area contributed by atoms with Crippen LogP contribution in [0.4, 0.5) is 0 Å². The van der Waals surface area contributed by atoms with E-state index in [1.165, 1.54) is 4.90 Å². The Balaban J connectivity index is 2.56. The number of alkyl halides is 1. The van der Waals surface area contributed by atoms with Crippen molar-refractivity contribution in [1.29, 1.82) is 0 Å². The van der Waals surface area contributed by atoms with Gasteiger partial charge in [-0.2, -0.15) is 0 Å². The third-order valence-electron chi connectivity index (χ3n) is 1.73. The lowest BCUT2D eigenvalue weighted by atomic mass is 10.3. The standard InChI is InChI=1S/C8H10ClNO2/c1-6(4-9)5-10-7(11)2-3-8(10)12/h1-5H2. The lowest BCUT2D eigenvalue weighted by molar-refractivity contribution is -0.137. The van der Waals surface area contributed by atoms with E-state index in [0.29, 0.717) is 18.4 Å². The maximum atomic E-state index is 11.1. The summed E-state index contributed by atoms with van der Waals surface area (Å²) in [7, 11) is 0. The third-order valence-corrected chi connectivity index (χ3v) is 2.10. The Hall–Kier alpha value is -0.830. The predicted molar refractivity (Wildman–Crippen MR) is 45.8 cm³/mol. The smallest absolute Gasteiger partial charge is 0.229 e. The van der Waals surface area contributed by atoms with Crippen LogP contribution in [-0.2, 0) is 9.59 Å². The summed E-state index contributed by atoms with van der Waals surface area (Å²) in [5, 5.41) is 0. The van der Waals surface area contributed by atoms with E-state index in [4.69, 9.17) is 11.6 Å². The number of rotatable bonds is 3. The molecule has 1 aliphatic rings. The molecule has 0 aliphatic carbocycles. The summed E-state index contributed by atoms with van der Waals surface area (Å²) < 4.78 is 0. The van der Waals surface area contributed by atoms with E-state index in [-0.39, 0.29) is 24.2 Å². The van der Waals surface area contributed by atoms with E-state index < -0.39 is 0 Å². The highest BCUT2D eigenvalue weighted by molar-refractivity contribution is 6.19. The van der Waals surface area contributed by atoms with E-state index in [2.05, 4.69) is 6.58 Å². The van der Waals surface area contributed by atoms with Gasteiger partial charge in [-0.25, -0.2) is 0 Å². The summed E-state index contributed by atoms with van der Waals surface area (Å²) in [6, 6.07) is 0. The van der Waals surface area contributed by atoms with Crippen LogP contribution < -0.4 is 0 Å². The van der Waals surface area contributed by atoms with Gasteiger partial charge < -0.3 is 0 Å². The van der Waals surface area contributed by atoms with E-state index in [0.717, 1.165) is 0 Å². The number of imide groups is 1. The van der Waals surface area contributed by atoms with Crippen molar-refractivity contribution in [2.75, 3.05) is 12.4 Å². The van der Waals surface area contributed by atoms with E-state index in [9.17, 15) is 9.59 Å². The SMILES string of the molecule is C=C(CCl)CN1C(=O)CCC1=O. The van der Waals surface area contributed by atoms with E-state index in [1.54, 1.807) is 0 Å². The van der Waals surface area contributed by atoms with E-state index >= 15 is 0 Å². The highest BCUT2D eigenvalue weighted by Gasteiger charge is 2.28. The fourth-order valence-corrected chi connectivity index (χ4v) is 1.15. The number of hydrogen-bond donors (Lipinski definition) is 0. The highest BCUT2D eigenvalue weighted by atomic mass is 35.5. The number of carbonyl (C=O) groups is 2. The lowest BCUT2D eigenvalue weighted by Crippen LogP contribution is -2.31. The second-order valence-corrected chi connectivity index (χ2v) is 3.02. The van der Waals surface area contributed by atoms with Crippen LogP contribution in [0, 0.1) is 0 Å². The molecule has 0 saturated carbocycles. The maximum Gasteiger partial charge on any atom is 0.229 e. The summed E-state index contributed by atoms with van der Waals surface area (Å²) in [5.74, 6) is 0.0504. The van der Waals surface area contributed by atoms with Gasteiger partial charge in [-0.3, -0.25) is 14.5 Å². The van der Waals surface area contributed by atoms with Crippen LogP contribution in [0.2, 0.25) is 0 Å². The molecule has 0 aromatic heterocycles. The van der Waals surface area contributed by atoms with Crippen molar-refractivity contribution in [3.63, 3.8) is 0 Å². The predicted octanol–water partition coefficient (Wildman–Crippen LogP) is 0.930. The van der Waals surface area contributed by atoms with Crippen LogP contribution in [-0.4, -0.2) is 29.1 Å². The molecule has 0 N–H and O–H groups in total. The van der Waals surface area contributed by atoms with Crippen molar-refractivity contribution in [2.24, 2.45) is 0 Å². The van der Waals surface area contributed by atoms with Crippen LogP contribution in [0.1, 0.15) is 12.8 Å². The number of amides is 2. The lowest BCUT2D eigenvalue weighted by Gasteiger charge is -2.13. The third kappa shape index (κ3) is 1.85. The Labute approximate surface area is 76.0 Å². The summed E-state index contributed by atoms with van der Waals surface area (Å²) in [5.41, 5.74) is 0.695. The van der Waals surface area contributed by atoms with Gasteiger partial charge in [-0.05, 0) is 5.57 Å². The Morgan fingerprint density at radius 1 is 1.42 bits per heavy atom. The number of carbonyl (C=O) groups excluding carboxylic acids is 2. The zero-order valence-electron chi connectivity index (χ0n) is 6.68. The summed E-state index contributed by atoms with van der Waals surface area (Å²) in [6.07, 6.45) is 0.656. The monoisotopic (exact) mass is 187 g/mol. The van der Waals surface area contributed by atoms with Crippen molar-refractivity contribution in [3.8, 4) is 0 Å². The zero-order chi connectivity index (χ0) is 9.14. The molecule has 1 aliphatic heterocycles. The largest absolute Gasteiger partial charge is 0.278 e. The molecule has 0 aromatic rings. The van der Waals surface area contributed by atoms with Crippen molar-refractivity contribution < 1.29 is 9.59 Å². The molecular formula is C8H10ClNO2. The van der Waals surface area contributed by atoms with E-state index in [1.807, 2.05) is 0 Å². The average Bonchev–Trinajstić information content (AvgIpc) is 2.35. The first-order chi connectivity index (χ1) is 5.65. The molecule has 66 valence electrons. The summed E-state index contributed by atoms with van der Waals surface area (Å²) >= 11 is 5.48. The minimum Gasteiger partial charge on any atom is -0.278 e. The molecule has 0 atom stereocenters. The molecule has 4 heteroatoms. The van der Waals surface area contributed by atoms with Gasteiger partial charge in [-0.15, -0.1) is 11.6 Å². The first-order valence-corrected chi connectivity index (χ1v) is 4.24. The average molecular weight is 188 g/mol. The number of hydrogen-bond acceptors (Lipinski definition) is 2. The van der Waals surface area contributed by atoms with Gasteiger partial charge in [-0.1, -0.05) is 6.58 Å². The molecule has 1 saturated heterocycles. The van der Waals surface area contributed by atoms with Gasteiger partial charge in [0.15, 0.2) is 0 Å². The number of likely N-dealkylation sites (tertiary alicyclic amines) is 1. The van der Waals surface area contributed by atoms with Crippen LogP contribution >= 0.6 is 11.6 Å². The van der Waals surface area contributed by atoms with Crippen molar-refractivity contribution in [3.05, 3.63) is 12.2 Å². The van der Waals surface area contributed by atoms with Crippen LogP contribution in [0.25, 0.3) is 0 Å². The van der Waals surface area contributed by atoms with Gasteiger partial charge in [0, 0.05) is 18.7 Å². The second-order valence-electron chi connectivity index (χ2n) is 2.76. The van der Waals surface area contributed by atoms with Gasteiger partial charge in [0.2, 0.25) is 11.8 Å². The molecule has 1 fully saturated rings. The molecule has 2 amide bonds. The van der Waals surface area contributed by atoms with Crippen LogP contribution in [0.15, 0.2) is 12.2 Å². The fourth-order valence-electron chi connectivity index (χ4n) is 1.07. The molecule has 3 nitrogen and oxygen atoms in total. The molecule has 0 unspecified atom stereocenters. The molecular weight excluding hydrogens is 178 g/mol. The van der Waals surface area contributed by atoms with Crippen LogP contribution in [0.5, 0.6) is 0 Å². The zero-order valence-corrected chi connectivity index (χ0v) is 7.43. The first kappa shape index (κ1) is 9.26. The summed E-state index contributed by atoms with van der Waals surface area (Å²) in [4.78, 5) is 23.3. The van der Waals surface area contributed by atoms with Gasteiger partial charge in [0.05, 0.1) is 6.54 Å². The van der Waals surface area contributed by atoms with Gasteiger partial charge >= 0.3 is 0 Å². The van der Waals surface area contributed by atoms with Gasteiger partial charge in [0.25, 0.3) is 0 Å². The molecule has 12 heavy (non-hydrogen) atoms. The Bertz CT molecular complexity index is 221. The Kier molecular flexibility index (Phi) is 2.87. The number of nitrogens with zero attached hydrogens (tertiary/aromatic N) is 1. The van der Waals surface area contributed by atoms with Crippen molar-refractivity contribution in [2.45, 2.75) is 12.8 Å².